The summed E-state index contributed by atoms with van der Waals surface area (Å²) in [5.41, 5.74) is -1.46. The van der Waals surface area contributed by atoms with E-state index in [0.717, 1.165) is 19.1 Å². The van der Waals surface area contributed by atoms with Crippen molar-refractivity contribution in [1.29, 1.82) is 0 Å². The number of nitrogens with one attached hydrogen (secondary N) is 1. The predicted molar refractivity (Wildman–Crippen MR) is 77.4 cm³/mol. The number of carbonyl (C=O) groups excluding carboxylic acids is 2. The van der Waals surface area contributed by atoms with E-state index in [9.17, 15) is 27.6 Å². The molecule has 0 aliphatic carbocycles. The van der Waals surface area contributed by atoms with Gasteiger partial charge in [-0.3, -0.25) is 14.4 Å². The lowest BCUT2D eigenvalue weighted by Crippen LogP contribution is -2.30. The zero-order chi connectivity index (χ0) is 18.1. The quantitative estimate of drug-likeness (QED) is 0.880. The van der Waals surface area contributed by atoms with Gasteiger partial charge in [-0.15, -0.1) is 0 Å². The van der Waals surface area contributed by atoms with Gasteiger partial charge in [0.25, 0.3) is 5.91 Å². The molecule has 2 amide bonds. The molecule has 0 saturated carbocycles. The van der Waals surface area contributed by atoms with Crippen molar-refractivity contribution in [3.05, 3.63) is 29.3 Å². The maximum Gasteiger partial charge on any atom is 0.416 e. The molecule has 130 valence electrons. The maximum atomic E-state index is 13.0. The monoisotopic (exact) mass is 344 g/mol. The van der Waals surface area contributed by atoms with Crippen LogP contribution in [0.15, 0.2) is 18.2 Å². The number of hydrogen-bond acceptors (Lipinski definition) is 3. The Morgan fingerprint density at radius 2 is 1.92 bits per heavy atom. The van der Waals surface area contributed by atoms with Crippen LogP contribution in [0, 0.1) is 5.92 Å². The van der Waals surface area contributed by atoms with E-state index in [-0.39, 0.29) is 30.8 Å². The van der Waals surface area contributed by atoms with E-state index in [2.05, 4.69) is 5.32 Å². The van der Waals surface area contributed by atoms with Crippen LogP contribution in [0.25, 0.3) is 0 Å². The average molecular weight is 344 g/mol. The molecule has 6 nitrogen and oxygen atoms in total. The first-order valence-corrected chi connectivity index (χ1v) is 7.10. The minimum atomic E-state index is -4.68. The number of rotatable bonds is 3. The van der Waals surface area contributed by atoms with Gasteiger partial charge in [0.15, 0.2) is 0 Å². The van der Waals surface area contributed by atoms with Crippen molar-refractivity contribution in [3.8, 4) is 0 Å². The number of carboxylic acid groups (broad SMARTS) is 1. The third kappa shape index (κ3) is 4.03. The van der Waals surface area contributed by atoms with Gasteiger partial charge in [0.05, 0.1) is 11.5 Å². The second kappa shape index (κ2) is 6.50. The summed E-state index contributed by atoms with van der Waals surface area (Å²) in [5.74, 6) is -3.04. The first-order valence-electron chi connectivity index (χ1n) is 7.10. The Morgan fingerprint density at radius 3 is 2.42 bits per heavy atom. The highest BCUT2D eigenvalue weighted by molar-refractivity contribution is 5.97. The number of nitrogens with zero attached hydrogens (tertiary/aromatic N) is 1. The van der Waals surface area contributed by atoms with Crippen LogP contribution in [0.2, 0.25) is 0 Å². The lowest BCUT2D eigenvalue weighted by molar-refractivity contribution is -0.141. The molecule has 1 saturated heterocycles. The minimum Gasteiger partial charge on any atom is -0.481 e. The number of halogens is 3. The number of alkyl halides is 3. The third-order valence-electron chi connectivity index (χ3n) is 3.65. The van der Waals surface area contributed by atoms with Crippen LogP contribution in [0.5, 0.6) is 0 Å². The molecule has 2 rings (SSSR count). The molecule has 1 aromatic carbocycles. The number of likely N-dealkylation sites (tertiary alicyclic amines) is 1. The number of amides is 2. The Labute approximate surface area is 135 Å². The van der Waals surface area contributed by atoms with Crippen LogP contribution in [-0.2, 0) is 15.8 Å². The van der Waals surface area contributed by atoms with E-state index in [1.807, 2.05) is 0 Å². The number of carboxylic acids is 1. The molecule has 1 fully saturated rings. The van der Waals surface area contributed by atoms with Crippen molar-refractivity contribution >= 4 is 23.5 Å². The molecule has 2 N–H and O–H groups in total. The van der Waals surface area contributed by atoms with Crippen molar-refractivity contribution in [1.82, 2.24) is 4.90 Å². The number of benzene rings is 1. The molecule has 0 radical (unpaired) electrons. The molecule has 0 aromatic heterocycles. The van der Waals surface area contributed by atoms with E-state index in [0.29, 0.717) is 6.07 Å². The Bertz CT molecular complexity index is 688. The van der Waals surface area contributed by atoms with Gasteiger partial charge in [-0.1, -0.05) is 0 Å². The van der Waals surface area contributed by atoms with Gasteiger partial charge >= 0.3 is 12.1 Å². The smallest absolute Gasteiger partial charge is 0.416 e. The summed E-state index contributed by atoms with van der Waals surface area (Å²) in [4.78, 5) is 35.6. The molecule has 1 aliphatic heterocycles. The number of aliphatic carboxylic acids is 1. The predicted octanol–water partition coefficient (Wildman–Crippen LogP) is 2.21. The topological polar surface area (TPSA) is 86.7 Å². The van der Waals surface area contributed by atoms with Gasteiger partial charge in [0.1, 0.15) is 0 Å². The summed E-state index contributed by atoms with van der Waals surface area (Å²) in [6.07, 6.45) is -4.43. The molecule has 1 atom stereocenters. The minimum absolute atomic E-state index is 0.0557. The van der Waals surface area contributed by atoms with Crippen molar-refractivity contribution in [3.63, 3.8) is 0 Å². The first kappa shape index (κ1) is 17.8. The molecule has 1 heterocycles. The molecule has 24 heavy (non-hydrogen) atoms. The van der Waals surface area contributed by atoms with Crippen LogP contribution in [-0.4, -0.2) is 40.9 Å². The van der Waals surface area contributed by atoms with Crippen LogP contribution in [0.4, 0.5) is 18.9 Å². The van der Waals surface area contributed by atoms with Gasteiger partial charge in [-0.2, -0.15) is 13.2 Å². The van der Waals surface area contributed by atoms with E-state index >= 15 is 0 Å². The molecule has 9 heteroatoms. The van der Waals surface area contributed by atoms with Gasteiger partial charge in [-0.05, 0) is 24.6 Å². The van der Waals surface area contributed by atoms with Crippen molar-refractivity contribution in [2.75, 3.05) is 18.4 Å². The highest BCUT2D eigenvalue weighted by Gasteiger charge is 2.34. The van der Waals surface area contributed by atoms with E-state index in [4.69, 9.17) is 5.11 Å². The molecule has 0 spiro atoms. The molecule has 0 bridgehead atoms. The van der Waals surface area contributed by atoms with Gasteiger partial charge in [-0.25, -0.2) is 0 Å². The largest absolute Gasteiger partial charge is 0.481 e. The van der Waals surface area contributed by atoms with Crippen molar-refractivity contribution < 1.29 is 32.7 Å². The summed E-state index contributed by atoms with van der Waals surface area (Å²) in [5, 5.41) is 11.2. The standard InChI is InChI=1S/C15H15F3N2O4/c1-8(21)19-12-5-10(4-11(6-12)15(16,17)18)13(22)20-3-2-9(7-20)14(23)24/h4-6,9H,2-3,7H2,1H3,(H,19,21)(H,23,24). The Morgan fingerprint density at radius 1 is 1.25 bits per heavy atom. The number of hydrogen-bond donors (Lipinski definition) is 2. The second-order valence-corrected chi connectivity index (χ2v) is 5.55. The third-order valence-corrected chi connectivity index (χ3v) is 3.65. The normalized spacial score (nSPS) is 17.7. The van der Waals surface area contributed by atoms with Crippen LogP contribution >= 0.6 is 0 Å². The van der Waals surface area contributed by atoms with E-state index in [1.54, 1.807) is 0 Å². The fourth-order valence-electron chi connectivity index (χ4n) is 2.52. The average Bonchev–Trinajstić information content (AvgIpc) is 2.94. The highest BCUT2D eigenvalue weighted by Crippen LogP contribution is 2.32. The van der Waals surface area contributed by atoms with Gasteiger partial charge in [0, 0.05) is 31.3 Å². The zero-order valence-electron chi connectivity index (χ0n) is 12.7. The summed E-state index contributed by atoms with van der Waals surface area (Å²) in [6, 6.07) is 2.58. The Hall–Kier alpha value is -2.58. The van der Waals surface area contributed by atoms with Crippen molar-refractivity contribution in [2.24, 2.45) is 5.92 Å². The maximum absolute atomic E-state index is 13.0. The number of carbonyl (C=O) groups is 3. The highest BCUT2D eigenvalue weighted by atomic mass is 19.4. The second-order valence-electron chi connectivity index (χ2n) is 5.55. The molecule has 1 aromatic rings. The van der Waals surface area contributed by atoms with E-state index in [1.165, 1.54) is 4.90 Å². The summed E-state index contributed by atoms with van der Waals surface area (Å²) >= 11 is 0. The van der Waals surface area contributed by atoms with Crippen LogP contribution < -0.4 is 5.32 Å². The zero-order valence-corrected chi connectivity index (χ0v) is 12.7. The van der Waals surface area contributed by atoms with E-state index < -0.39 is 35.4 Å². The fraction of sp³-hybridized carbons (Fsp3) is 0.400. The lowest BCUT2D eigenvalue weighted by atomic mass is 10.1. The first-order chi connectivity index (χ1) is 11.1. The van der Waals surface area contributed by atoms with Crippen LogP contribution in [0.1, 0.15) is 29.3 Å². The van der Waals surface area contributed by atoms with Crippen molar-refractivity contribution in [2.45, 2.75) is 19.5 Å². The molecular weight excluding hydrogens is 329 g/mol. The van der Waals surface area contributed by atoms with Gasteiger partial charge < -0.3 is 15.3 Å². The molecule has 1 aliphatic rings. The SMILES string of the molecule is CC(=O)Nc1cc(C(=O)N2CCC(C(=O)O)C2)cc(C(F)(F)F)c1. The Balaban J connectivity index is 2.33. The number of anilines is 1. The van der Waals surface area contributed by atoms with Crippen LogP contribution in [0.3, 0.4) is 0 Å². The lowest BCUT2D eigenvalue weighted by Gasteiger charge is -2.18. The summed E-state index contributed by atoms with van der Waals surface area (Å²) in [7, 11) is 0. The summed E-state index contributed by atoms with van der Waals surface area (Å²) in [6.45, 7) is 1.24. The summed E-state index contributed by atoms with van der Waals surface area (Å²) < 4.78 is 38.9. The molecule has 1 unspecified atom stereocenters. The van der Waals surface area contributed by atoms with Gasteiger partial charge in [0.2, 0.25) is 5.91 Å². The fourth-order valence-corrected chi connectivity index (χ4v) is 2.52. The Kier molecular flexibility index (Phi) is 4.81. The molecular formula is C15H15F3N2O4.